The highest BCUT2D eigenvalue weighted by atomic mass is 16.5. The molecule has 1 heterocycles. The minimum Gasteiger partial charge on any atom is -0.494 e. The summed E-state index contributed by atoms with van der Waals surface area (Å²) in [5, 5.41) is 0. The number of aliphatic imine (C=N–C) groups is 2. The van der Waals surface area contributed by atoms with Gasteiger partial charge < -0.3 is 4.74 Å². The molecule has 0 aliphatic carbocycles. The van der Waals surface area contributed by atoms with Crippen LogP contribution in [0.25, 0.3) is 0 Å². The van der Waals surface area contributed by atoms with Crippen molar-refractivity contribution in [2.45, 2.75) is 6.61 Å². The molecular formula is C11H9N2O. The predicted molar refractivity (Wildman–Crippen MR) is 55.2 cm³/mol. The lowest BCUT2D eigenvalue weighted by atomic mass is 10.2. The van der Waals surface area contributed by atoms with Gasteiger partial charge in [0, 0.05) is 0 Å². The molecule has 0 bridgehead atoms. The van der Waals surface area contributed by atoms with Crippen molar-refractivity contribution in [3.8, 4) is 0 Å². The van der Waals surface area contributed by atoms with Gasteiger partial charge in [-0.2, -0.15) is 0 Å². The molecule has 0 atom stereocenters. The summed E-state index contributed by atoms with van der Waals surface area (Å²) in [6.07, 6.45) is 5.65. The molecule has 1 radical (unpaired) electrons. The normalized spacial score (nSPS) is 16.4. The number of ether oxygens (including phenoxy) is 1. The van der Waals surface area contributed by atoms with Gasteiger partial charge in [0.2, 0.25) is 0 Å². The molecule has 1 aromatic carbocycles. The number of rotatable bonds is 3. The molecule has 14 heavy (non-hydrogen) atoms. The smallest absolute Gasteiger partial charge is 0.198 e. The molecule has 0 aromatic heterocycles. The minimum absolute atomic E-state index is 0.549. The van der Waals surface area contributed by atoms with E-state index in [-0.39, 0.29) is 0 Å². The van der Waals surface area contributed by atoms with Crippen LogP contribution in [0.3, 0.4) is 0 Å². The SMILES string of the molecule is [C]1=N/C(=C/OCc2ccccc2)C=N1. The standard InChI is InChI=1S/C11H9N2O/c1-2-4-10(5-3-1)7-14-8-11-6-12-9-13-11/h1-6,8H,7H2/b11-8+. The monoisotopic (exact) mass is 185 g/mol. The highest BCUT2D eigenvalue weighted by molar-refractivity contribution is 5.91. The van der Waals surface area contributed by atoms with Crippen molar-refractivity contribution in [3.05, 3.63) is 47.9 Å². The van der Waals surface area contributed by atoms with E-state index in [0.29, 0.717) is 12.3 Å². The van der Waals surface area contributed by atoms with Crippen molar-refractivity contribution in [2.75, 3.05) is 0 Å². The van der Waals surface area contributed by atoms with Gasteiger partial charge in [-0.05, 0) is 5.56 Å². The first-order valence-corrected chi connectivity index (χ1v) is 4.29. The Morgan fingerprint density at radius 2 is 2.14 bits per heavy atom. The Labute approximate surface area is 82.5 Å². The van der Waals surface area contributed by atoms with Crippen LogP contribution in [0.15, 0.2) is 52.3 Å². The Morgan fingerprint density at radius 1 is 1.29 bits per heavy atom. The molecule has 0 spiro atoms. The first kappa shape index (κ1) is 8.69. The van der Waals surface area contributed by atoms with Crippen LogP contribution >= 0.6 is 0 Å². The second-order valence-electron chi connectivity index (χ2n) is 2.81. The molecule has 3 heteroatoms. The van der Waals surface area contributed by atoms with E-state index in [2.05, 4.69) is 16.3 Å². The lowest BCUT2D eigenvalue weighted by molar-refractivity contribution is 0.235. The van der Waals surface area contributed by atoms with Crippen molar-refractivity contribution in [1.82, 2.24) is 0 Å². The zero-order valence-corrected chi connectivity index (χ0v) is 7.55. The van der Waals surface area contributed by atoms with Crippen LogP contribution in [-0.2, 0) is 11.3 Å². The molecule has 3 nitrogen and oxygen atoms in total. The zero-order valence-electron chi connectivity index (χ0n) is 7.55. The van der Waals surface area contributed by atoms with E-state index in [1.807, 2.05) is 30.3 Å². The molecule has 2 rings (SSSR count). The fourth-order valence-corrected chi connectivity index (χ4v) is 1.06. The fourth-order valence-electron chi connectivity index (χ4n) is 1.06. The molecule has 1 aromatic rings. The van der Waals surface area contributed by atoms with E-state index in [1.54, 1.807) is 12.5 Å². The third-order valence-corrected chi connectivity index (χ3v) is 1.73. The van der Waals surface area contributed by atoms with Crippen LogP contribution in [-0.4, -0.2) is 12.6 Å². The third kappa shape index (κ3) is 2.29. The Hall–Kier alpha value is -1.90. The number of allylic oxidation sites excluding steroid dienone is 1. The molecule has 0 saturated carbocycles. The van der Waals surface area contributed by atoms with Gasteiger partial charge >= 0.3 is 0 Å². The molecular weight excluding hydrogens is 176 g/mol. The van der Waals surface area contributed by atoms with E-state index in [9.17, 15) is 0 Å². The van der Waals surface area contributed by atoms with Crippen LogP contribution in [0.5, 0.6) is 0 Å². The Morgan fingerprint density at radius 3 is 2.86 bits per heavy atom. The van der Waals surface area contributed by atoms with Gasteiger partial charge in [-0.1, -0.05) is 30.3 Å². The summed E-state index contributed by atoms with van der Waals surface area (Å²) in [4.78, 5) is 7.53. The molecule has 1 aliphatic rings. The topological polar surface area (TPSA) is 34.0 Å². The average molecular weight is 185 g/mol. The fraction of sp³-hybridized carbons (Fsp3) is 0.0909. The largest absolute Gasteiger partial charge is 0.494 e. The van der Waals surface area contributed by atoms with E-state index in [1.165, 1.54) is 0 Å². The molecule has 1 aliphatic heterocycles. The number of benzene rings is 1. The summed E-state index contributed by atoms with van der Waals surface area (Å²) in [6, 6.07) is 9.96. The van der Waals surface area contributed by atoms with Crippen LogP contribution in [0, 0.1) is 0 Å². The third-order valence-electron chi connectivity index (χ3n) is 1.73. The highest BCUT2D eigenvalue weighted by Gasteiger charge is 1.95. The van der Waals surface area contributed by atoms with Gasteiger partial charge in [0.25, 0.3) is 0 Å². The zero-order chi connectivity index (χ0) is 9.64. The summed E-state index contributed by atoms with van der Waals surface area (Å²) in [6.45, 7) is 0.549. The number of hydrogen-bond acceptors (Lipinski definition) is 3. The molecule has 0 fully saturated rings. The summed E-state index contributed by atoms with van der Waals surface area (Å²) < 4.78 is 5.32. The van der Waals surface area contributed by atoms with Crippen LogP contribution in [0.2, 0.25) is 0 Å². The average Bonchev–Trinajstić information content (AvgIpc) is 2.72. The quantitative estimate of drug-likeness (QED) is 0.663. The van der Waals surface area contributed by atoms with Gasteiger partial charge in [-0.15, -0.1) is 0 Å². The Balaban J connectivity index is 1.87. The molecule has 69 valence electrons. The second kappa shape index (κ2) is 4.37. The maximum atomic E-state index is 5.32. The van der Waals surface area contributed by atoms with E-state index in [4.69, 9.17) is 4.74 Å². The molecule has 0 amide bonds. The maximum Gasteiger partial charge on any atom is 0.198 e. The van der Waals surface area contributed by atoms with Gasteiger partial charge in [0.15, 0.2) is 6.34 Å². The van der Waals surface area contributed by atoms with Crippen LogP contribution < -0.4 is 0 Å². The van der Waals surface area contributed by atoms with Gasteiger partial charge in [0.1, 0.15) is 18.6 Å². The molecule has 0 saturated heterocycles. The van der Waals surface area contributed by atoms with E-state index in [0.717, 1.165) is 5.56 Å². The first-order valence-electron chi connectivity index (χ1n) is 4.29. The summed E-state index contributed by atoms with van der Waals surface area (Å²) in [7, 11) is 0. The van der Waals surface area contributed by atoms with E-state index >= 15 is 0 Å². The van der Waals surface area contributed by atoms with Crippen molar-refractivity contribution in [2.24, 2.45) is 9.98 Å². The lowest BCUT2D eigenvalue weighted by Gasteiger charge is -2.00. The summed E-state index contributed by atoms with van der Waals surface area (Å²) >= 11 is 0. The Bertz CT molecular complexity index is 366. The second-order valence-corrected chi connectivity index (χ2v) is 2.81. The van der Waals surface area contributed by atoms with Crippen LogP contribution in [0.1, 0.15) is 5.56 Å². The van der Waals surface area contributed by atoms with Crippen molar-refractivity contribution < 1.29 is 4.74 Å². The van der Waals surface area contributed by atoms with Gasteiger partial charge in [-0.3, -0.25) is 0 Å². The van der Waals surface area contributed by atoms with Gasteiger partial charge in [-0.25, -0.2) is 9.98 Å². The van der Waals surface area contributed by atoms with Crippen molar-refractivity contribution in [3.63, 3.8) is 0 Å². The first-order chi connectivity index (χ1) is 6.95. The van der Waals surface area contributed by atoms with Gasteiger partial charge in [0.05, 0.1) is 6.21 Å². The van der Waals surface area contributed by atoms with Crippen molar-refractivity contribution in [1.29, 1.82) is 0 Å². The maximum absolute atomic E-state index is 5.32. The summed E-state index contributed by atoms with van der Waals surface area (Å²) in [5.74, 6) is 0. The minimum atomic E-state index is 0.549. The highest BCUT2D eigenvalue weighted by Crippen LogP contribution is 2.03. The molecule has 0 N–H and O–H groups in total. The molecule has 0 unspecified atom stereocenters. The summed E-state index contributed by atoms with van der Waals surface area (Å²) in [5.41, 5.74) is 1.83. The number of nitrogens with zero attached hydrogens (tertiary/aromatic N) is 2. The van der Waals surface area contributed by atoms with Crippen molar-refractivity contribution >= 4 is 12.6 Å². The van der Waals surface area contributed by atoms with Crippen LogP contribution in [0.4, 0.5) is 0 Å². The number of hydrogen-bond donors (Lipinski definition) is 0. The Kier molecular flexibility index (Phi) is 2.71. The predicted octanol–water partition coefficient (Wildman–Crippen LogP) is 2.03. The van der Waals surface area contributed by atoms with E-state index < -0.39 is 0 Å². The lowest BCUT2D eigenvalue weighted by Crippen LogP contribution is -1.86.